The van der Waals surface area contributed by atoms with E-state index in [-0.39, 0.29) is 18.4 Å². The normalized spacial score (nSPS) is 23.9. The van der Waals surface area contributed by atoms with Crippen molar-refractivity contribution in [2.24, 2.45) is 0 Å². The smallest absolute Gasteiger partial charge is 0.254 e. The Morgan fingerprint density at radius 3 is 2.64 bits per heavy atom. The number of nitrogens with zero attached hydrogens (tertiary/aromatic N) is 3. The van der Waals surface area contributed by atoms with Gasteiger partial charge in [-0.25, -0.2) is 0 Å². The average Bonchev–Trinajstić information content (AvgIpc) is 3.25. The number of carbonyl (C=O) groups excluding carboxylic acids is 2. The predicted molar refractivity (Wildman–Crippen MR) is 104 cm³/mol. The predicted octanol–water partition coefficient (Wildman–Crippen LogP) is 2.02. The van der Waals surface area contributed by atoms with E-state index < -0.39 is 12.1 Å². The van der Waals surface area contributed by atoms with Gasteiger partial charge in [0.15, 0.2) is 6.10 Å². The molecular formula is C21H26N4O3. The zero-order valence-corrected chi connectivity index (χ0v) is 16.3. The van der Waals surface area contributed by atoms with Gasteiger partial charge in [0, 0.05) is 37.9 Å². The number of hydrogen-bond donors (Lipinski definition) is 1. The Labute approximate surface area is 164 Å². The van der Waals surface area contributed by atoms with Crippen molar-refractivity contribution in [3.8, 4) is 0 Å². The molecule has 2 aromatic rings. The van der Waals surface area contributed by atoms with Crippen molar-refractivity contribution in [1.29, 1.82) is 0 Å². The maximum absolute atomic E-state index is 13.3. The molecule has 0 saturated carbocycles. The monoisotopic (exact) mass is 382 g/mol. The maximum atomic E-state index is 13.3. The highest BCUT2D eigenvalue weighted by molar-refractivity contribution is 5.86. The summed E-state index contributed by atoms with van der Waals surface area (Å²) in [6.07, 6.45) is 2.88. The van der Waals surface area contributed by atoms with Crippen LogP contribution in [0.1, 0.15) is 41.6 Å². The van der Waals surface area contributed by atoms with Crippen molar-refractivity contribution < 1.29 is 14.3 Å². The van der Waals surface area contributed by atoms with Crippen LogP contribution in [0.25, 0.3) is 0 Å². The fraction of sp³-hybridized carbons (Fsp3) is 0.476. The number of likely N-dealkylation sites (N-methyl/N-ethyl adjacent to an activating group) is 1. The first kappa shape index (κ1) is 18.7. The summed E-state index contributed by atoms with van der Waals surface area (Å²) in [7, 11) is 1.76. The Kier molecular flexibility index (Phi) is 5.17. The van der Waals surface area contributed by atoms with Crippen molar-refractivity contribution in [3.63, 3.8) is 0 Å². The van der Waals surface area contributed by atoms with Crippen molar-refractivity contribution >= 4 is 11.8 Å². The number of amides is 2. The van der Waals surface area contributed by atoms with E-state index in [1.807, 2.05) is 42.2 Å². The van der Waals surface area contributed by atoms with Gasteiger partial charge in [0.05, 0.1) is 6.04 Å². The van der Waals surface area contributed by atoms with Crippen molar-refractivity contribution in [1.82, 2.24) is 20.0 Å². The minimum atomic E-state index is -0.674. The minimum absolute atomic E-state index is 0.0318. The number of aromatic amines is 1. The molecule has 7 heteroatoms. The molecule has 28 heavy (non-hydrogen) atoms. The fourth-order valence-electron chi connectivity index (χ4n) is 4.29. The van der Waals surface area contributed by atoms with Crippen LogP contribution in [0.4, 0.5) is 0 Å². The Bertz CT molecular complexity index is 843. The number of morpholine rings is 1. The second-order valence-corrected chi connectivity index (χ2v) is 7.65. The molecule has 2 fully saturated rings. The van der Waals surface area contributed by atoms with E-state index in [2.05, 4.69) is 10.2 Å². The SMILES string of the molecule is Cc1ccccc1[C@@H]1[C@@H](C(=O)N2CCC(c3ccn[nH]3)CC2)OCC(=O)N1C. The third-order valence-corrected chi connectivity index (χ3v) is 6.00. The summed E-state index contributed by atoms with van der Waals surface area (Å²) < 4.78 is 5.80. The van der Waals surface area contributed by atoms with E-state index in [1.165, 1.54) is 0 Å². The molecule has 0 spiro atoms. The zero-order valence-electron chi connectivity index (χ0n) is 16.3. The highest BCUT2D eigenvalue weighted by Crippen LogP contribution is 2.33. The third kappa shape index (κ3) is 3.42. The first-order chi connectivity index (χ1) is 13.6. The average molecular weight is 382 g/mol. The first-order valence-electron chi connectivity index (χ1n) is 9.77. The van der Waals surface area contributed by atoms with Crippen molar-refractivity contribution in [3.05, 3.63) is 53.3 Å². The molecule has 0 aliphatic carbocycles. The number of nitrogens with one attached hydrogen (secondary N) is 1. The van der Waals surface area contributed by atoms with Crippen LogP contribution in [0, 0.1) is 6.92 Å². The summed E-state index contributed by atoms with van der Waals surface area (Å²) in [5.41, 5.74) is 3.14. The number of rotatable bonds is 3. The molecule has 148 valence electrons. The van der Waals surface area contributed by atoms with Crippen molar-refractivity contribution in [2.75, 3.05) is 26.7 Å². The van der Waals surface area contributed by atoms with Crippen LogP contribution >= 0.6 is 0 Å². The number of likely N-dealkylation sites (tertiary alicyclic amines) is 1. The highest BCUT2D eigenvalue weighted by atomic mass is 16.5. The summed E-state index contributed by atoms with van der Waals surface area (Å²) in [6, 6.07) is 9.47. The molecule has 7 nitrogen and oxygen atoms in total. The number of carbonyl (C=O) groups is 2. The number of H-pyrrole nitrogens is 1. The maximum Gasteiger partial charge on any atom is 0.254 e. The van der Waals surface area contributed by atoms with Gasteiger partial charge >= 0.3 is 0 Å². The zero-order chi connectivity index (χ0) is 19.7. The van der Waals surface area contributed by atoms with Crippen LogP contribution in [0.2, 0.25) is 0 Å². The molecule has 0 radical (unpaired) electrons. The Balaban J connectivity index is 1.52. The van der Waals surface area contributed by atoms with E-state index in [9.17, 15) is 9.59 Å². The van der Waals surface area contributed by atoms with Gasteiger partial charge in [-0.3, -0.25) is 14.7 Å². The topological polar surface area (TPSA) is 78.5 Å². The second kappa shape index (κ2) is 7.75. The number of aryl methyl sites for hydroxylation is 1. The van der Waals surface area contributed by atoms with Gasteiger partial charge < -0.3 is 14.5 Å². The molecule has 4 rings (SSSR count). The van der Waals surface area contributed by atoms with Crippen LogP contribution in [0.5, 0.6) is 0 Å². The number of hydrogen-bond acceptors (Lipinski definition) is 4. The number of aromatic nitrogens is 2. The second-order valence-electron chi connectivity index (χ2n) is 7.65. The van der Waals surface area contributed by atoms with Gasteiger partial charge in [-0.1, -0.05) is 24.3 Å². The highest BCUT2D eigenvalue weighted by Gasteiger charge is 2.42. The number of piperidine rings is 1. The standard InChI is InChI=1S/C21H26N4O3/c1-14-5-3-4-6-16(14)19-20(28-13-18(26)24(19)2)21(27)25-11-8-15(9-12-25)17-7-10-22-23-17/h3-7,10,15,19-20H,8-9,11-13H2,1-2H3,(H,22,23)/t19-,20+/m1/s1. The van der Waals surface area contributed by atoms with Crippen LogP contribution < -0.4 is 0 Å². The van der Waals surface area contributed by atoms with Gasteiger partial charge in [-0.15, -0.1) is 0 Å². The Hall–Kier alpha value is -2.67. The molecule has 1 aromatic carbocycles. The Morgan fingerprint density at radius 2 is 1.96 bits per heavy atom. The first-order valence-corrected chi connectivity index (χ1v) is 9.77. The molecule has 2 aliphatic rings. The van der Waals surface area contributed by atoms with Crippen LogP contribution in [-0.2, 0) is 14.3 Å². The number of ether oxygens (including phenoxy) is 1. The molecule has 2 atom stereocenters. The fourth-order valence-corrected chi connectivity index (χ4v) is 4.29. The lowest BCUT2D eigenvalue weighted by Crippen LogP contribution is -2.55. The quantitative estimate of drug-likeness (QED) is 0.881. The molecule has 0 unspecified atom stereocenters. The molecule has 0 bridgehead atoms. The molecule has 1 aromatic heterocycles. The van der Waals surface area contributed by atoms with Gasteiger partial charge in [-0.2, -0.15) is 5.10 Å². The van der Waals surface area contributed by atoms with E-state index in [4.69, 9.17) is 4.74 Å². The lowest BCUT2D eigenvalue weighted by Gasteiger charge is -2.42. The largest absolute Gasteiger partial charge is 0.356 e. The molecule has 2 aliphatic heterocycles. The summed E-state index contributed by atoms with van der Waals surface area (Å²) >= 11 is 0. The van der Waals surface area contributed by atoms with Gasteiger partial charge in [-0.05, 0) is 37.0 Å². The summed E-state index contributed by atoms with van der Waals surface area (Å²) in [6.45, 7) is 3.31. The van der Waals surface area contributed by atoms with E-state index >= 15 is 0 Å². The lowest BCUT2D eigenvalue weighted by molar-refractivity contribution is -0.168. The summed E-state index contributed by atoms with van der Waals surface area (Å²) in [5, 5.41) is 7.07. The molecule has 2 saturated heterocycles. The van der Waals surface area contributed by atoms with E-state index in [0.29, 0.717) is 19.0 Å². The van der Waals surface area contributed by atoms with Crippen molar-refractivity contribution in [2.45, 2.75) is 37.8 Å². The third-order valence-electron chi connectivity index (χ3n) is 6.00. The van der Waals surface area contributed by atoms with Crippen LogP contribution in [0.3, 0.4) is 0 Å². The van der Waals surface area contributed by atoms with Crippen LogP contribution in [-0.4, -0.2) is 64.7 Å². The summed E-state index contributed by atoms with van der Waals surface area (Å²) in [5.74, 6) is 0.265. The lowest BCUT2D eigenvalue weighted by atomic mass is 9.91. The summed E-state index contributed by atoms with van der Waals surface area (Å²) in [4.78, 5) is 29.2. The van der Waals surface area contributed by atoms with Gasteiger partial charge in [0.2, 0.25) is 5.91 Å². The van der Waals surface area contributed by atoms with Gasteiger partial charge in [0.25, 0.3) is 5.91 Å². The number of benzene rings is 1. The van der Waals surface area contributed by atoms with E-state index in [0.717, 1.165) is 29.7 Å². The molecule has 3 heterocycles. The Morgan fingerprint density at radius 1 is 1.21 bits per heavy atom. The molecule has 2 amide bonds. The van der Waals surface area contributed by atoms with Gasteiger partial charge in [0.1, 0.15) is 6.61 Å². The minimum Gasteiger partial charge on any atom is -0.356 e. The van der Waals surface area contributed by atoms with Crippen LogP contribution in [0.15, 0.2) is 36.5 Å². The molecule has 1 N–H and O–H groups in total. The van der Waals surface area contributed by atoms with E-state index in [1.54, 1.807) is 18.1 Å². The molecular weight excluding hydrogens is 356 g/mol.